The minimum Gasteiger partial charge on any atom is -0.285 e. The molecule has 0 bridgehead atoms. The SMILES string of the molecule is Clc1ccc(N=c2scc(-c3ccccc3)n2-c2ccccc2)nc1. The highest BCUT2D eigenvalue weighted by Gasteiger charge is 2.09. The molecule has 2 aromatic heterocycles. The number of aromatic nitrogens is 2. The molecule has 0 radical (unpaired) electrons. The number of pyridine rings is 1. The summed E-state index contributed by atoms with van der Waals surface area (Å²) in [6.07, 6.45) is 1.61. The lowest BCUT2D eigenvalue weighted by atomic mass is 10.1. The molecule has 0 aliphatic carbocycles. The second kappa shape index (κ2) is 7.05. The number of hydrogen-bond acceptors (Lipinski definition) is 3. The van der Waals surface area contributed by atoms with Crippen LogP contribution in [0.25, 0.3) is 16.9 Å². The summed E-state index contributed by atoms with van der Waals surface area (Å²) in [5, 5.41) is 2.72. The summed E-state index contributed by atoms with van der Waals surface area (Å²) in [7, 11) is 0. The number of nitrogens with zero attached hydrogens (tertiary/aromatic N) is 3. The molecular formula is C20H14ClN3S. The average Bonchev–Trinajstić information content (AvgIpc) is 3.08. The van der Waals surface area contributed by atoms with Crippen LogP contribution in [0.4, 0.5) is 5.82 Å². The predicted octanol–water partition coefficient (Wildman–Crippen LogP) is 5.49. The van der Waals surface area contributed by atoms with Gasteiger partial charge in [-0.1, -0.05) is 60.1 Å². The van der Waals surface area contributed by atoms with E-state index in [-0.39, 0.29) is 0 Å². The third-order valence-electron chi connectivity index (χ3n) is 3.71. The zero-order chi connectivity index (χ0) is 17.1. The highest BCUT2D eigenvalue weighted by atomic mass is 35.5. The number of thiazole rings is 1. The normalized spacial score (nSPS) is 11.6. The van der Waals surface area contributed by atoms with Gasteiger partial charge in [-0.2, -0.15) is 0 Å². The van der Waals surface area contributed by atoms with Crippen molar-refractivity contribution < 1.29 is 0 Å². The van der Waals surface area contributed by atoms with Crippen LogP contribution in [0, 0.1) is 0 Å². The highest BCUT2D eigenvalue weighted by molar-refractivity contribution is 7.07. The van der Waals surface area contributed by atoms with Gasteiger partial charge in [0.2, 0.25) is 0 Å². The molecule has 0 spiro atoms. The average molecular weight is 364 g/mol. The Hall–Kier alpha value is -2.69. The molecule has 0 fully saturated rings. The Morgan fingerprint density at radius 2 is 1.60 bits per heavy atom. The Kier molecular flexibility index (Phi) is 4.46. The van der Waals surface area contributed by atoms with Gasteiger partial charge >= 0.3 is 0 Å². The van der Waals surface area contributed by atoms with Crippen LogP contribution in [-0.2, 0) is 0 Å². The maximum Gasteiger partial charge on any atom is 0.196 e. The first-order chi connectivity index (χ1) is 12.3. The molecule has 4 rings (SSSR count). The number of para-hydroxylation sites is 1. The molecule has 0 unspecified atom stereocenters. The quantitative estimate of drug-likeness (QED) is 0.473. The van der Waals surface area contributed by atoms with E-state index in [1.165, 1.54) is 0 Å². The molecule has 0 saturated heterocycles. The van der Waals surface area contributed by atoms with E-state index in [1.54, 1.807) is 23.6 Å². The van der Waals surface area contributed by atoms with E-state index in [4.69, 9.17) is 16.6 Å². The monoisotopic (exact) mass is 363 g/mol. The molecule has 5 heteroatoms. The molecule has 0 aliphatic rings. The molecule has 4 aromatic rings. The van der Waals surface area contributed by atoms with Crippen molar-refractivity contribution in [1.82, 2.24) is 9.55 Å². The Balaban J connectivity index is 1.94. The third-order valence-corrected chi connectivity index (χ3v) is 4.76. The van der Waals surface area contributed by atoms with Crippen LogP contribution < -0.4 is 4.80 Å². The summed E-state index contributed by atoms with van der Waals surface area (Å²) in [5.41, 5.74) is 3.31. The largest absolute Gasteiger partial charge is 0.285 e. The van der Waals surface area contributed by atoms with Crippen LogP contribution in [0.3, 0.4) is 0 Å². The van der Waals surface area contributed by atoms with Crippen LogP contribution in [0.15, 0.2) is 89.4 Å². The zero-order valence-corrected chi connectivity index (χ0v) is 14.8. The molecular weight excluding hydrogens is 350 g/mol. The van der Waals surface area contributed by atoms with E-state index >= 15 is 0 Å². The van der Waals surface area contributed by atoms with E-state index < -0.39 is 0 Å². The molecule has 25 heavy (non-hydrogen) atoms. The van der Waals surface area contributed by atoms with Gasteiger partial charge in [0.15, 0.2) is 10.6 Å². The molecule has 0 N–H and O–H groups in total. The van der Waals surface area contributed by atoms with Gasteiger partial charge in [-0.15, -0.1) is 11.3 Å². The van der Waals surface area contributed by atoms with Crippen LogP contribution in [0.2, 0.25) is 5.02 Å². The lowest BCUT2D eigenvalue weighted by Gasteiger charge is -2.09. The maximum atomic E-state index is 5.92. The van der Waals surface area contributed by atoms with Crippen molar-refractivity contribution in [2.24, 2.45) is 4.99 Å². The lowest BCUT2D eigenvalue weighted by molar-refractivity contribution is 1.00. The summed E-state index contributed by atoms with van der Waals surface area (Å²) in [5.74, 6) is 0.635. The van der Waals surface area contributed by atoms with Crippen LogP contribution >= 0.6 is 22.9 Å². The Labute approximate surface area is 154 Å². The van der Waals surface area contributed by atoms with Crippen LogP contribution in [0.1, 0.15) is 0 Å². The Morgan fingerprint density at radius 3 is 2.28 bits per heavy atom. The molecule has 0 aliphatic heterocycles. The van der Waals surface area contributed by atoms with Gasteiger partial charge in [0, 0.05) is 17.3 Å². The number of rotatable bonds is 3. The van der Waals surface area contributed by atoms with E-state index in [2.05, 4.69) is 39.2 Å². The predicted molar refractivity (Wildman–Crippen MR) is 104 cm³/mol. The zero-order valence-electron chi connectivity index (χ0n) is 13.2. The van der Waals surface area contributed by atoms with Crippen molar-refractivity contribution in [3.63, 3.8) is 0 Å². The van der Waals surface area contributed by atoms with Gasteiger partial charge < -0.3 is 0 Å². The lowest BCUT2D eigenvalue weighted by Crippen LogP contribution is -2.13. The summed E-state index contributed by atoms with van der Waals surface area (Å²) in [4.78, 5) is 9.86. The van der Waals surface area contributed by atoms with Crippen molar-refractivity contribution >= 4 is 28.8 Å². The first-order valence-electron chi connectivity index (χ1n) is 7.79. The minimum absolute atomic E-state index is 0.603. The number of benzene rings is 2. The van der Waals surface area contributed by atoms with Crippen LogP contribution in [-0.4, -0.2) is 9.55 Å². The van der Waals surface area contributed by atoms with Gasteiger partial charge in [-0.3, -0.25) is 4.57 Å². The number of halogens is 1. The molecule has 0 saturated carbocycles. The van der Waals surface area contributed by atoms with Gasteiger partial charge in [0.25, 0.3) is 0 Å². The van der Waals surface area contributed by atoms with Crippen molar-refractivity contribution in [3.8, 4) is 16.9 Å². The molecule has 0 atom stereocenters. The van der Waals surface area contributed by atoms with E-state index in [0.717, 1.165) is 21.7 Å². The fraction of sp³-hybridized carbons (Fsp3) is 0. The topological polar surface area (TPSA) is 30.2 Å². The first kappa shape index (κ1) is 15.8. The molecule has 2 heterocycles. The smallest absolute Gasteiger partial charge is 0.196 e. The van der Waals surface area contributed by atoms with Crippen molar-refractivity contribution in [2.45, 2.75) is 0 Å². The molecule has 0 amide bonds. The molecule has 3 nitrogen and oxygen atoms in total. The van der Waals surface area contributed by atoms with Crippen molar-refractivity contribution in [2.75, 3.05) is 0 Å². The standard InChI is InChI=1S/C20H14ClN3S/c21-16-11-12-19(22-13-16)23-20-24(17-9-5-2-6-10-17)18(14-25-20)15-7-3-1-4-8-15/h1-14H. The third kappa shape index (κ3) is 3.40. The fourth-order valence-electron chi connectivity index (χ4n) is 2.56. The fourth-order valence-corrected chi connectivity index (χ4v) is 3.58. The summed E-state index contributed by atoms with van der Waals surface area (Å²) in [6, 6.07) is 24.1. The van der Waals surface area contributed by atoms with E-state index in [9.17, 15) is 0 Å². The highest BCUT2D eigenvalue weighted by Crippen LogP contribution is 2.23. The van der Waals surface area contributed by atoms with Gasteiger partial charge in [0.1, 0.15) is 0 Å². The molecule has 2 aromatic carbocycles. The summed E-state index contributed by atoms with van der Waals surface area (Å²) < 4.78 is 2.15. The van der Waals surface area contributed by atoms with Crippen LogP contribution in [0.5, 0.6) is 0 Å². The van der Waals surface area contributed by atoms with E-state index in [0.29, 0.717) is 10.8 Å². The summed E-state index contributed by atoms with van der Waals surface area (Å²) >= 11 is 7.51. The van der Waals surface area contributed by atoms with Gasteiger partial charge in [-0.25, -0.2) is 9.98 Å². The minimum atomic E-state index is 0.603. The second-order valence-electron chi connectivity index (χ2n) is 5.39. The Bertz CT molecular complexity index is 1040. The Morgan fingerprint density at radius 1 is 0.880 bits per heavy atom. The molecule has 122 valence electrons. The van der Waals surface area contributed by atoms with Crippen molar-refractivity contribution in [3.05, 3.63) is 94.2 Å². The van der Waals surface area contributed by atoms with Gasteiger partial charge in [-0.05, 0) is 29.8 Å². The van der Waals surface area contributed by atoms with Gasteiger partial charge in [0.05, 0.1) is 10.7 Å². The van der Waals surface area contributed by atoms with E-state index in [1.807, 2.05) is 42.5 Å². The second-order valence-corrected chi connectivity index (χ2v) is 6.66. The number of hydrogen-bond donors (Lipinski definition) is 0. The van der Waals surface area contributed by atoms with Crippen molar-refractivity contribution in [1.29, 1.82) is 0 Å². The first-order valence-corrected chi connectivity index (χ1v) is 9.05. The summed E-state index contributed by atoms with van der Waals surface area (Å²) in [6.45, 7) is 0. The maximum absolute atomic E-state index is 5.92.